The highest BCUT2D eigenvalue weighted by Crippen LogP contribution is 2.24. The monoisotopic (exact) mass is 277 g/mol. The van der Waals surface area contributed by atoms with Gasteiger partial charge in [-0.15, -0.1) is 0 Å². The van der Waals surface area contributed by atoms with Crippen molar-refractivity contribution in [3.05, 3.63) is 29.6 Å². The van der Waals surface area contributed by atoms with Gasteiger partial charge in [0, 0.05) is 45.8 Å². The van der Waals surface area contributed by atoms with Crippen molar-refractivity contribution in [2.75, 3.05) is 50.7 Å². The molecular weight excluding hydrogens is 253 g/mol. The summed E-state index contributed by atoms with van der Waals surface area (Å²) in [5.74, 6) is -0.0512. The molecule has 20 heavy (non-hydrogen) atoms. The van der Waals surface area contributed by atoms with Crippen LogP contribution in [0.15, 0.2) is 18.2 Å². The molecule has 2 saturated heterocycles. The molecule has 2 aliphatic heterocycles. The molecule has 2 aliphatic rings. The molecule has 0 unspecified atom stereocenters. The maximum absolute atomic E-state index is 14.2. The Morgan fingerprint density at radius 1 is 1.05 bits per heavy atom. The van der Waals surface area contributed by atoms with Crippen LogP contribution in [0.25, 0.3) is 0 Å². The zero-order valence-corrected chi connectivity index (χ0v) is 12.1. The number of anilines is 1. The molecule has 3 rings (SSSR count). The van der Waals surface area contributed by atoms with Gasteiger partial charge in [0.2, 0.25) is 0 Å². The van der Waals surface area contributed by atoms with Crippen LogP contribution in [0.3, 0.4) is 0 Å². The van der Waals surface area contributed by atoms with E-state index < -0.39 is 0 Å². The van der Waals surface area contributed by atoms with Crippen LogP contribution >= 0.6 is 0 Å². The van der Waals surface area contributed by atoms with Crippen LogP contribution in [0, 0.1) is 5.82 Å². The molecule has 0 spiro atoms. The molecule has 0 bridgehead atoms. The molecule has 3 nitrogen and oxygen atoms in total. The number of rotatable bonds is 4. The van der Waals surface area contributed by atoms with Gasteiger partial charge in [-0.1, -0.05) is 6.07 Å². The van der Waals surface area contributed by atoms with Crippen molar-refractivity contribution in [2.45, 2.75) is 19.3 Å². The lowest BCUT2D eigenvalue weighted by Gasteiger charge is -2.27. The maximum Gasteiger partial charge on any atom is 0.146 e. The second-order valence-corrected chi connectivity index (χ2v) is 5.82. The number of nitrogens with one attached hydrogen (secondary N) is 1. The largest absolute Gasteiger partial charge is 0.369 e. The molecule has 0 aliphatic carbocycles. The minimum Gasteiger partial charge on any atom is -0.369 e. The molecule has 0 saturated carbocycles. The Morgan fingerprint density at radius 3 is 2.50 bits per heavy atom. The smallest absolute Gasteiger partial charge is 0.146 e. The van der Waals surface area contributed by atoms with E-state index in [0.717, 1.165) is 63.5 Å². The summed E-state index contributed by atoms with van der Waals surface area (Å²) in [5, 5.41) is 3.35. The van der Waals surface area contributed by atoms with E-state index in [1.165, 1.54) is 12.8 Å². The first-order valence-electron chi connectivity index (χ1n) is 7.79. The quantitative estimate of drug-likeness (QED) is 0.906. The fourth-order valence-corrected chi connectivity index (χ4v) is 3.14. The summed E-state index contributed by atoms with van der Waals surface area (Å²) in [7, 11) is 0. The first-order valence-corrected chi connectivity index (χ1v) is 7.79. The van der Waals surface area contributed by atoms with Crippen LogP contribution in [0.5, 0.6) is 0 Å². The van der Waals surface area contributed by atoms with Crippen LogP contribution in [0.2, 0.25) is 0 Å². The van der Waals surface area contributed by atoms with E-state index in [1.54, 1.807) is 6.07 Å². The van der Waals surface area contributed by atoms with E-state index in [9.17, 15) is 4.39 Å². The zero-order chi connectivity index (χ0) is 13.8. The molecule has 0 amide bonds. The molecule has 1 aromatic carbocycles. The van der Waals surface area contributed by atoms with Crippen LogP contribution in [-0.2, 0) is 6.42 Å². The number of halogens is 1. The standard InChI is InChI=1S/C16H24FN3/c17-15-13-14(5-10-19-11-6-18-7-12-19)3-4-16(15)20-8-1-2-9-20/h3-4,13,18H,1-2,5-12H2. The second-order valence-electron chi connectivity index (χ2n) is 5.82. The average Bonchev–Trinajstić information content (AvgIpc) is 3.00. The molecular formula is C16H24FN3. The van der Waals surface area contributed by atoms with E-state index in [-0.39, 0.29) is 5.82 Å². The van der Waals surface area contributed by atoms with Crippen LogP contribution in [-0.4, -0.2) is 50.7 Å². The fraction of sp³-hybridized carbons (Fsp3) is 0.625. The highest BCUT2D eigenvalue weighted by molar-refractivity contribution is 5.49. The minimum atomic E-state index is -0.0512. The van der Waals surface area contributed by atoms with Gasteiger partial charge in [-0.3, -0.25) is 0 Å². The first kappa shape index (κ1) is 13.8. The Kier molecular flexibility index (Phi) is 4.53. The minimum absolute atomic E-state index is 0.0512. The summed E-state index contributed by atoms with van der Waals surface area (Å²) in [6, 6.07) is 5.79. The SMILES string of the molecule is Fc1cc(CCN2CCNCC2)ccc1N1CCCC1. The summed E-state index contributed by atoms with van der Waals surface area (Å²) in [5.41, 5.74) is 1.90. The van der Waals surface area contributed by atoms with Crippen LogP contribution in [0.1, 0.15) is 18.4 Å². The first-order chi connectivity index (χ1) is 9.83. The topological polar surface area (TPSA) is 18.5 Å². The lowest BCUT2D eigenvalue weighted by Crippen LogP contribution is -2.44. The number of hydrogen-bond donors (Lipinski definition) is 1. The molecule has 1 N–H and O–H groups in total. The van der Waals surface area contributed by atoms with E-state index in [0.29, 0.717) is 0 Å². The van der Waals surface area contributed by atoms with E-state index >= 15 is 0 Å². The van der Waals surface area contributed by atoms with Gasteiger partial charge in [0.05, 0.1) is 5.69 Å². The molecule has 2 fully saturated rings. The van der Waals surface area contributed by atoms with Gasteiger partial charge in [-0.25, -0.2) is 4.39 Å². The summed E-state index contributed by atoms with van der Waals surface area (Å²) in [6.07, 6.45) is 3.31. The normalized spacial score (nSPS) is 20.6. The average molecular weight is 277 g/mol. The van der Waals surface area contributed by atoms with Crippen molar-refractivity contribution < 1.29 is 4.39 Å². The summed E-state index contributed by atoms with van der Waals surface area (Å²) >= 11 is 0. The Morgan fingerprint density at radius 2 is 1.80 bits per heavy atom. The molecule has 0 aromatic heterocycles. The van der Waals surface area contributed by atoms with Gasteiger partial charge in [0.15, 0.2) is 0 Å². The Balaban J connectivity index is 1.58. The zero-order valence-electron chi connectivity index (χ0n) is 12.1. The third-order valence-electron chi connectivity index (χ3n) is 4.39. The molecule has 4 heteroatoms. The fourth-order valence-electron chi connectivity index (χ4n) is 3.14. The number of nitrogens with zero attached hydrogens (tertiary/aromatic N) is 2. The van der Waals surface area contributed by atoms with E-state index in [4.69, 9.17) is 0 Å². The van der Waals surface area contributed by atoms with Gasteiger partial charge in [0.1, 0.15) is 5.82 Å². The second kappa shape index (κ2) is 6.55. The highest BCUT2D eigenvalue weighted by Gasteiger charge is 2.16. The van der Waals surface area contributed by atoms with Gasteiger partial charge in [0.25, 0.3) is 0 Å². The van der Waals surface area contributed by atoms with Crippen molar-refractivity contribution in [2.24, 2.45) is 0 Å². The predicted molar refractivity (Wildman–Crippen MR) is 80.9 cm³/mol. The Bertz CT molecular complexity index is 437. The number of benzene rings is 1. The number of piperazine rings is 1. The van der Waals surface area contributed by atoms with Gasteiger partial charge < -0.3 is 15.1 Å². The van der Waals surface area contributed by atoms with Crippen molar-refractivity contribution in [1.29, 1.82) is 0 Å². The molecule has 110 valence electrons. The van der Waals surface area contributed by atoms with Gasteiger partial charge in [-0.05, 0) is 37.0 Å². The maximum atomic E-state index is 14.2. The van der Waals surface area contributed by atoms with Crippen molar-refractivity contribution in [3.63, 3.8) is 0 Å². The predicted octanol–water partition coefficient (Wildman–Crippen LogP) is 1.87. The van der Waals surface area contributed by atoms with Crippen LogP contribution in [0.4, 0.5) is 10.1 Å². The van der Waals surface area contributed by atoms with E-state index in [2.05, 4.69) is 21.2 Å². The highest BCUT2D eigenvalue weighted by atomic mass is 19.1. The lowest BCUT2D eigenvalue weighted by atomic mass is 10.1. The Labute approximate surface area is 120 Å². The molecule has 2 heterocycles. The summed E-state index contributed by atoms with van der Waals surface area (Å²) in [4.78, 5) is 4.61. The van der Waals surface area contributed by atoms with Crippen molar-refractivity contribution >= 4 is 5.69 Å². The third kappa shape index (κ3) is 3.30. The van der Waals surface area contributed by atoms with E-state index in [1.807, 2.05) is 6.07 Å². The number of hydrogen-bond acceptors (Lipinski definition) is 3. The summed E-state index contributed by atoms with van der Waals surface area (Å²) < 4.78 is 14.2. The third-order valence-corrected chi connectivity index (χ3v) is 4.39. The Hall–Kier alpha value is -1.13. The summed E-state index contributed by atoms with van der Waals surface area (Å²) in [6.45, 7) is 7.38. The van der Waals surface area contributed by atoms with Crippen LogP contribution < -0.4 is 10.2 Å². The van der Waals surface area contributed by atoms with Gasteiger partial charge >= 0.3 is 0 Å². The molecule has 1 aromatic rings. The molecule has 0 atom stereocenters. The van der Waals surface area contributed by atoms with Gasteiger partial charge in [-0.2, -0.15) is 0 Å². The van der Waals surface area contributed by atoms with Crippen molar-refractivity contribution in [1.82, 2.24) is 10.2 Å². The van der Waals surface area contributed by atoms with Crippen molar-refractivity contribution in [3.8, 4) is 0 Å². The molecule has 0 radical (unpaired) electrons. The lowest BCUT2D eigenvalue weighted by molar-refractivity contribution is 0.244.